The van der Waals surface area contributed by atoms with Crippen LogP contribution in [-0.4, -0.2) is 19.8 Å². The number of benzene rings is 1. The van der Waals surface area contributed by atoms with Crippen molar-refractivity contribution in [3.8, 4) is 11.5 Å². The van der Waals surface area contributed by atoms with Crippen LogP contribution in [0.5, 0.6) is 11.5 Å². The molecule has 0 saturated carbocycles. The third kappa shape index (κ3) is 3.19. The van der Waals surface area contributed by atoms with Crippen LogP contribution in [0.4, 0.5) is 5.69 Å². The molecule has 0 saturated heterocycles. The predicted molar refractivity (Wildman–Crippen MR) is 70.4 cm³/mol. The molecule has 0 unspecified atom stereocenters. The molecule has 1 aromatic carbocycles. The zero-order valence-corrected chi connectivity index (χ0v) is 11.0. The van der Waals surface area contributed by atoms with Crippen molar-refractivity contribution < 1.29 is 9.47 Å². The topological polar surface area (TPSA) is 30.5 Å². The Morgan fingerprint density at radius 1 is 1.24 bits per heavy atom. The van der Waals surface area contributed by atoms with Crippen molar-refractivity contribution in [2.75, 3.05) is 25.1 Å². The number of hydrogen-bond acceptors (Lipinski definition) is 3. The van der Waals surface area contributed by atoms with Crippen LogP contribution in [0.2, 0.25) is 5.02 Å². The van der Waals surface area contributed by atoms with Crippen LogP contribution in [0.25, 0.3) is 0 Å². The number of hydrogen-bond donors (Lipinski definition) is 1. The van der Waals surface area contributed by atoms with E-state index < -0.39 is 0 Å². The van der Waals surface area contributed by atoms with E-state index in [0.29, 0.717) is 24.2 Å². The molecule has 0 atom stereocenters. The van der Waals surface area contributed by atoms with Gasteiger partial charge in [0.25, 0.3) is 0 Å². The molecule has 1 aliphatic rings. The minimum atomic E-state index is 0.587. The van der Waals surface area contributed by atoms with Crippen LogP contribution in [0.3, 0.4) is 0 Å². The zero-order valence-electron chi connectivity index (χ0n) is 10.3. The van der Waals surface area contributed by atoms with Crippen molar-refractivity contribution >= 4 is 17.3 Å². The first-order chi connectivity index (χ1) is 8.16. The van der Waals surface area contributed by atoms with Gasteiger partial charge < -0.3 is 14.8 Å². The first kappa shape index (κ1) is 12.4. The molecule has 1 heterocycles. The third-order valence-corrected chi connectivity index (χ3v) is 2.98. The fourth-order valence-electron chi connectivity index (χ4n) is 1.69. The Bertz CT molecular complexity index is 393. The highest BCUT2D eigenvalue weighted by Crippen LogP contribution is 2.37. The Balaban J connectivity index is 2.06. The van der Waals surface area contributed by atoms with Gasteiger partial charge in [0.15, 0.2) is 11.5 Å². The van der Waals surface area contributed by atoms with E-state index in [9.17, 15) is 0 Å². The Hall–Kier alpha value is -1.09. The number of halogens is 1. The Kier molecular flexibility index (Phi) is 4.00. The number of fused-ring (bicyclic) bond motifs is 1. The van der Waals surface area contributed by atoms with Gasteiger partial charge >= 0.3 is 0 Å². The summed E-state index contributed by atoms with van der Waals surface area (Å²) in [6.07, 6.45) is 1.12. The van der Waals surface area contributed by atoms with Gasteiger partial charge in [-0.05, 0) is 12.3 Å². The van der Waals surface area contributed by atoms with Crippen molar-refractivity contribution in [3.63, 3.8) is 0 Å². The molecule has 1 aromatic rings. The SMILES string of the molecule is CC(C)CCNc1cc2c(cc1Cl)OCCO2. The van der Waals surface area contributed by atoms with Gasteiger partial charge in [0.05, 0.1) is 10.7 Å². The van der Waals surface area contributed by atoms with Crippen LogP contribution < -0.4 is 14.8 Å². The summed E-state index contributed by atoms with van der Waals surface area (Å²) >= 11 is 6.18. The second-order valence-corrected chi connectivity index (χ2v) is 4.99. The van der Waals surface area contributed by atoms with Crippen molar-refractivity contribution in [2.24, 2.45) is 5.92 Å². The summed E-state index contributed by atoms with van der Waals surface area (Å²) in [5.41, 5.74) is 0.913. The van der Waals surface area contributed by atoms with Gasteiger partial charge in [-0.3, -0.25) is 0 Å². The van der Waals surface area contributed by atoms with Gasteiger partial charge in [-0.1, -0.05) is 25.4 Å². The summed E-state index contributed by atoms with van der Waals surface area (Å²) in [6, 6.07) is 3.73. The molecule has 0 aliphatic carbocycles. The highest BCUT2D eigenvalue weighted by Gasteiger charge is 2.14. The Morgan fingerprint density at radius 2 is 1.88 bits per heavy atom. The smallest absolute Gasteiger partial charge is 0.163 e. The zero-order chi connectivity index (χ0) is 12.3. The van der Waals surface area contributed by atoms with Crippen molar-refractivity contribution in [3.05, 3.63) is 17.2 Å². The van der Waals surface area contributed by atoms with E-state index in [1.54, 1.807) is 0 Å². The number of anilines is 1. The number of ether oxygens (including phenoxy) is 2. The maximum Gasteiger partial charge on any atom is 0.163 e. The van der Waals surface area contributed by atoms with Gasteiger partial charge in [0.2, 0.25) is 0 Å². The third-order valence-electron chi connectivity index (χ3n) is 2.67. The van der Waals surface area contributed by atoms with Crippen LogP contribution >= 0.6 is 11.6 Å². The van der Waals surface area contributed by atoms with Gasteiger partial charge in [-0.15, -0.1) is 0 Å². The first-order valence-electron chi connectivity index (χ1n) is 6.00. The summed E-state index contributed by atoms with van der Waals surface area (Å²) in [7, 11) is 0. The van der Waals surface area contributed by atoms with Crippen LogP contribution in [0.1, 0.15) is 20.3 Å². The van der Waals surface area contributed by atoms with Crippen molar-refractivity contribution in [1.29, 1.82) is 0 Å². The summed E-state index contributed by atoms with van der Waals surface area (Å²) in [5.74, 6) is 2.18. The lowest BCUT2D eigenvalue weighted by atomic mass is 10.1. The first-order valence-corrected chi connectivity index (χ1v) is 6.37. The summed E-state index contributed by atoms with van der Waals surface area (Å²) < 4.78 is 11.0. The molecule has 0 aromatic heterocycles. The molecule has 0 spiro atoms. The molecule has 0 radical (unpaired) electrons. The van der Waals surface area contributed by atoms with E-state index in [4.69, 9.17) is 21.1 Å². The van der Waals surface area contributed by atoms with Gasteiger partial charge in [-0.25, -0.2) is 0 Å². The molecule has 0 fully saturated rings. The number of nitrogens with one attached hydrogen (secondary N) is 1. The fourth-order valence-corrected chi connectivity index (χ4v) is 1.92. The van der Waals surface area contributed by atoms with Crippen LogP contribution in [0, 0.1) is 5.92 Å². The van der Waals surface area contributed by atoms with Crippen molar-refractivity contribution in [2.45, 2.75) is 20.3 Å². The standard InChI is InChI=1S/C13H18ClNO2/c1-9(2)3-4-15-11-8-13-12(7-10(11)14)16-5-6-17-13/h7-9,15H,3-6H2,1-2H3. The molecule has 94 valence electrons. The Labute approximate surface area is 107 Å². The highest BCUT2D eigenvalue weighted by molar-refractivity contribution is 6.33. The lowest BCUT2D eigenvalue weighted by Gasteiger charge is -2.20. The monoisotopic (exact) mass is 255 g/mol. The quantitative estimate of drug-likeness (QED) is 0.892. The average Bonchev–Trinajstić information content (AvgIpc) is 2.29. The molecule has 17 heavy (non-hydrogen) atoms. The van der Waals surface area contributed by atoms with E-state index in [-0.39, 0.29) is 0 Å². The Morgan fingerprint density at radius 3 is 2.53 bits per heavy atom. The van der Waals surface area contributed by atoms with E-state index in [2.05, 4.69) is 19.2 Å². The molecule has 4 heteroatoms. The van der Waals surface area contributed by atoms with E-state index >= 15 is 0 Å². The minimum absolute atomic E-state index is 0.587. The lowest BCUT2D eigenvalue weighted by Crippen LogP contribution is -2.15. The molecule has 2 rings (SSSR count). The summed E-state index contributed by atoms with van der Waals surface area (Å²) in [6.45, 7) is 6.50. The number of rotatable bonds is 4. The molecule has 1 N–H and O–H groups in total. The molecule has 0 amide bonds. The van der Waals surface area contributed by atoms with Crippen molar-refractivity contribution in [1.82, 2.24) is 0 Å². The van der Waals surface area contributed by atoms with E-state index in [1.807, 2.05) is 12.1 Å². The summed E-state index contributed by atoms with van der Waals surface area (Å²) in [5, 5.41) is 4.01. The molecular weight excluding hydrogens is 238 g/mol. The second kappa shape index (κ2) is 5.50. The summed E-state index contributed by atoms with van der Waals surface area (Å²) in [4.78, 5) is 0. The predicted octanol–water partition coefficient (Wildman–Crippen LogP) is 3.57. The average molecular weight is 256 g/mol. The van der Waals surface area contributed by atoms with Gasteiger partial charge in [0.1, 0.15) is 13.2 Å². The molecule has 1 aliphatic heterocycles. The van der Waals surface area contributed by atoms with Crippen LogP contribution in [-0.2, 0) is 0 Å². The normalized spacial score (nSPS) is 13.9. The molecule has 0 bridgehead atoms. The second-order valence-electron chi connectivity index (χ2n) is 4.59. The van der Waals surface area contributed by atoms with E-state index in [1.165, 1.54) is 0 Å². The van der Waals surface area contributed by atoms with Gasteiger partial charge in [0, 0.05) is 18.7 Å². The fraction of sp³-hybridized carbons (Fsp3) is 0.538. The maximum absolute atomic E-state index is 6.18. The maximum atomic E-state index is 6.18. The molecular formula is C13H18ClNO2. The molecule has 3 nitrogen and oxygen atoms in total. The highest BCUT2D eigenvalue weighted by atomic mass is 35.5. The largest absolute Gasteiger partial charge is 0.486 e. The van der Waals surface area contributed by atoms with Crippen LogP contribution in [0.15, 0.2) is 12.1 Å². The lowest BCUT2D eigenvalue weighted by molar-refractivity contribution is 0.171. The van der Waals surface area contributed by atoms with E-state index in [0.717, 1.165) is 30.2 Å². The van der Waals surface area contributed by atoms with Gasteiger partial charge in [-0.2, -0.15) is 0 Å². The minimum Gasteiger partial charge on any atom is -0.486 e.